The maximum absolute atomic E-state index is 13.4. The molecule has 0 atom stereocenters. The van der Waals surface area contributed by atoms with Gasteiger partial charge >= 0.3 is 0 Å². The van der Waals surface area contributed by atoms with E-state index in [1.54, 1.807) is 0 Å². The summed E-state index contributed by atoms with van der Waals surface area (Å²) in [6.07, 6.45) is 11.1. The highest BCUT2D eigenvalue weighted by atomic mass is 32.2. The van der Waals surface area contributed by atoms with E-state index in [-0.39, 0.29) is 34.8 Å². The molecule has 10 heteroatoms. The molecule has 0 unspecified atom stereocenters. The zero-order valence-corrected chi connectivity index (χ0v) is 25.3. The molecule has 8 nitrogen and oxygen atoms in total. The molecular formula is C31H38N4O4S2. The van der Waals surface area contributed by atoms with Gasteiger partial charge in [0.2, 0.25) is 0 Å². The van der Waals surface area contributed by atoms with Crippen LogP contribution in [0.2, 0.25) is 0 Å². The lowest BCUT2D eigenvalue weighted by molar-refractivity contribution is 0.0928. The van der Waals surface area contributed by atoms with Crippen molar-refractivity contribution in [1.82, 2.24) is 15.6 Å². The lowest BCUT2D eigenvalue weighted by Gasteiger charge is -2.22. The molecule has 1 saturated heterocycles. The molecule has 0 radical (unpaired) electrons. The summed E-state index contributed by atoms with van der Waals surface area (Å²) in [5, 5.41) is 15.9. The van der Waals surface area contributed by atoms with E-state index >= 15 is 0 Å². The third kappa shape index (κ3) is 6.36. The third-order valence-electron chi connectivity index (χ3n) is 9.46. The Morgan fingerprint density at radius 1 is 1.02 bits per heavy atom. The number of nitrogens with zero attached hydrogens (tertiary/aromatic N) is 2. The number of hydrogen-bond donors (Lipinski definition) is 2. The van der Waals surface area contributed by atoms with Crippen molar-refractivity contribution in [2.45, 2.75) is 101 Å². The van der Waals surface area contributed by atoms with Gasteiger partial charge in [0, 0.05) is 11.6 Å². The summed E-state index contributed by atoms with van der Waals surface area (Å²) < 4.78 is 23.7. The average Bonchev–Trinajstić information content (AvgIpc) is 3.87. The van der Waals surface area contributed by atoms with Gasteiger partial charge in [-0.3, -0.25) is 9.59 Å². The highest BCUT2D eigenvalue weighted by Crippen LogP contribution is 2.49. The number of sulfone groups is 1. The molecule has 2 heterocycles. The fraction of sp³-hybridized carbons (Fsp3) is 0.613. The number of aromatic nitrogens is 1. The molecule has 2 N–H and O–H groups in total. The molecule has 0 spiro atoms. The monoisotopic (exact) mass is 594 g/mol. The predicted octanol–water partition coefficient (Wildman–Crippen LogP) is 5.08. The van der Waals surface area contributed by atoms with Gasteiger partial charge in [-0.25, -0.2) is 13.4 Å². The van der Waals surface area contributed by atoms with E-state index in [0.29, 0.717) is 42.2 Å². The zero-order valence-electron chi connectivity index (χ0n) is 23.6. The number of hydrogen-bond acceptors (Lipinski definition) is 7. The van der Waals surface area contributed by atoms with Gasteiger partial charge in [0.1, 0.15) is 15.4 Å². The second kappa shape index (κ2) is 10.8. The van der Waals surface area contributed by atoms with E-state index in [2.05, 4.69) is 29.7 Å². The maximum Gasteiger partial charge on any atom is 0.280 e. The molecule has 3 saturated carbocycles. The molecule has 1 aromatic heterocycles. The number of carbonyl (C=O) groups excluding carboxylic acids is 2. The summed E-state index contributed by atoms with van der Waals surface area (Å²) in [7, 11) is -3.02. The topological polar surface area (TPSA) is 129 Å². The molecule has 2 aromatic rings. The van der Waals surface area contributed by atoms with Crippen molar-refractivity contribution in [3.8, 4) is 16.5 Å². The van der Waals surface area contributed by atoms with Crippen LogP contribution >= 0.6 is 11.3 Å². The van der Waals surface area contributed by atoms with E-state index in [1.807, 2.05) is 12.1 Å². The van der Waals surface area contributed by atoms with Crippen molar-refractivity contribution >= 4 is 33.0 Å². The van der Waals surface area contributed by atoms with E-state index in [9.17, 15) is 23.3 Å². The molecular weight excluding hydrogens is 556 g/mol. The molecule has 4 fully saturated rings. The molecule has 1 aromatic carbocycles. The minimum absolute atomic E-state index is 0.0211. The molecule has 0 bridgehead atoms. The Morgan fingerprint density at radius 3 is 2.37 bits per heavy atom. The van der Waals surface area contributed by atoms with Crippen molar-refractivity contribution < 1.29 is 18.0 Å². The van der Waals surface area contributed by atoms with Gasteiger partial charge in [0.15, 0.2) is 5.01 Å². The van der Waals surface area contributed by atoms with Crippen LogP contribution in [0.4, 0.5) is 0 Å². The van der Waals surface area contributed by atoms with Crippen molar-refractivity contribution in [3.05, 3.63) is 40.0 Å². The van der Waals surface area contributed by atoms with Gasteiger partial charge in [-0.05, 0) is 85.6 Å². The number of rotatable bonds is 8. The summed E-state index contributed by atoms with van der Waals surface area (Å²) in [6.45, 7) is 2.21. The zero-order chi connectivity index (χ0) is 28.8. The first-order chi connectivity index (χ1) is 19.6. The number of amides is 2. The van der Waals surface area contributed by atoms with Crippen LogP contribution in [0.15, 0.2) is 18.2 Å². The van der Waals surface area contributed by atoms with Crippen molar-refractivity contribution in [2.75, 3.05) is 11.5 Å². The predicted molar refractivity (Wildman–Crippen MR) is 159 cm³/mol. The van der Waals surface area contributed by atoms with Gasteiger partial charge < -0.3 is 10.6 Å². The second-order valence-electron chi connectivity index (χ2n) is 12.9. The minimum atomic E-state index is -3.02. The van der Waals surface area contributed by atoms with Crippen molar-refractivity contribution in [3.63, 3.8) is 0 Å². The first-order valence-corrected chi connectivity index (χ1v) is 17.6. The Hall–Kier alpha value is -2.77. The van der Waals surface area contributed by atoms with Crippen LogP contribution in [0, 0.1) is 17.2 Å². The largest absolute Gasteiger partial charge is 0.347 e. The quantitative estimate of drug-likeness (QED) is 0.439. The van der Waals surface area contributed by atoms with Gasteiger partial charge in [-0.1, -0.05) is 39.0 Å². The SMILES string of the molecule is CC1(c2cc(C(=O)NC3(C#N)CC3)cc(-c3sc(C(=O)NC4CCS(=O)(=O)CC4)nc3CC3CCCCC3)c2)CC1. The number of carbonyl (C=O) groups is 2. The number of thiazole rings is 1. The molecule has 1 aliphatic heterocycles. The van der Waals surface area contributed by atoms with E-state index in [4.69, 9.17) is 4.98 Å². The van der Waals surface area contributed by atoms with Crippen LogP contribution < -0.4 is 10.6 Å². The standard InChI is InChI=1S/C31H38N4O4S2/c1-30(9-10-30)23-17-21(16-22(18-23)27(36)35-31(19-32)11-12-31)26-25(15-20-5-3-2-4-6-20)34-29(40-26)28(37)33-24-7-13-41(38,39)14-8-24/h16-18,20,24H,2-15H2,1H3,(H,33,37)(H,35,36). The molecule has 41 heavy (non-hydrogen) atoms. The third-order valence-corrected chi connectivity index (χ3v) is 12.3. The summed E-state index contributed by atoms with van der Waals surface area (Å²) in [5.41, 5.74) is 2.71. The fourth-order valence-electron chi connectivity index (χ4n) is 6.15. The first-order valence-electron chi connectivity index (χ1n) is 15.0. The summed E-state index contributed by atoms with van der Waals surface area (Å²) in [5.74, 6) is 0.208. The Kier molecular flexibility index (Phi) is 7.48. The number of benzene rings is 1. The van der Waals surface area contributed by atoms with Crippen LogP contribution in [0.5, 0.6) is 0 Å². The normalized spacial score (nSPS) is 22.8. The average molecular weight is 595 g/mol. The Bertz CT molecular complexity index is 1490. The fourth-order valence-corrected chi connectivity index (χ4v) is 8.63. The number of nitriles is 1. The van der Waals surface area contributed by atoms with Crippen LogP contribution in [0.25, 0.3) is 10.4 Å². The molecule has 6 rings (SSSR count). The Balaban J connectivity index is 1.33. The van der Waals surface area contributed by atoms with Crippen LogP contribution in [-0.4, -0.2) is 48.3 Å². The lowest BCUT2D eigenvalue weighted by Crippen LogP contribution is -2.40. The van der Waals surface area contributed by atoms with Crippen LogP contribution in [-0.2, 0) is 21.7 Å². The summed E-state index contributed by atoms with van der Waals surface area (Å²) >= 11 is 1.36. The second-order valence-corrected chi connectivity index (χ2v) is 16.2. The molecule has 218 valence electrons. The maximum atomic E-state index is 13.4. The smallest absolute Gasteiger partial charge is 0.280 e. The van der Waals surface area contributed by atoms with Gasteiger partial charge in [-0.2, -0.15) is 5.26 Å². The van der Waals surface area contributed by atoms with Gasteiger partial charge in [0.25, 0.3) is 11.8 Å². The van der Waals surface area contributed by atoms with Crippen LogP contribution in [0.1, 0.15) is 109 Å². The van der Waals surface area contributed by atoms with Crippen LogP contribution in [0.3, 0.4) is 0 Å². The van der Waals surface area contributed by atoms with Gasteiger partial charge in [0.05, 0.1) is 28.1 Å². The highest BCUT2D eigenvalue weighted by molar-refractivity contribution is 7.91. The van der Waals surface area contributed by atoms with Crippen molar-refractivity contribution in [1.29, 1.82) is 5.26 Å². The Morgan fingerprint density at radius 2 is 1.73 bits per heavy atom. The Labute approximate surface area is 246 Å². The van der Waals surface area contributed by atoms with Crippen molar-refractivity contribution in [2.24, 2.45) is 5.92 Å². The first kappa shape index (κ1) is 28.4. The minimum Gasteiger partial charge on any atom is -0.347 e. The summed E-state index contributed by atoms with van der Waals surface area (Å²) in [4.78, 5) is 32.5. The lowest BCUT2D eigenvalue weighted by atomic mass is 9.85. The van der Waals surface area contributed by atoms with E-state index in [0.717, 1.165) is 53.8 Å². The van der Waals surface area contributed by atoms with E-state index < -0.39 is 15.4 Å². The number of nitrogens with one attached hydrogen (secondary N) is 2. The molecule has 2 amide bonds. The van der Waals surface area contributed by atoms with E-state index in [1.165, 1.54) is 30.6 Å². The highest BCUT2D eigenvalue weighted by Gasteiger charge is 2.45. The molecule has 4 aliphatic rings. The van der Waals surface area contributed by atoms with Gasteiger partial charge in [-0.15, -0.1) is 11.3 Å². The summed E-state index contributed by atoms with van der Waals surface area (Å²) in [6, 6.07) is 8.09. The molecule has 3 aliphatic carbocycles.